The van der Waals surface area contributed by atoms with Crippen molar-refractivity contribution in [3.8, 4) is 0 Å². The van der Waals surface area contributed by atoms with E-state index >= 15 is 0 Å². The molecule has 1 N–H and O–H groups in total. The first-order chi connectivity index (χ1) is 10.7. The molecule has 1 rings (SSSR count). The van der Waals surface area contributed by atoms with Crippen LogP contribution >= 0.6 is 0 Å². The molecule has 0 saturated heterocycles. The van der Waals surface area contributed by atoms with Gasteiger partial charge in [0.1, 0.15) is 5.60 Å². The summed E-state index contributed by atoms with van der Waals surface area (Å²) >= 11 is 0. The Morgan fingerprint density at radius 1 is 1.35 bits per heavy atom. The van der Waals surface area contributed by atoms with Gasteiger partial charge >= 0.3 is 12.1 Å². The number of hydrogen-bond acceptors (Lipinski definition) is 6. The highest BCUT2D eigenvalue weighted by Crippen LogP contribution is 2.11. The largest absolute Gasteiger partial charge is 0.463 e. The fourth-order valence-electron chi connectivity index (χ4n) is 1.84. The summed E-state index contributed by atoms with van der Waals surface area (Å²) in [5.74, 6) is -0.276. The second-order valence-electron chi connectivity index (χ2n) is 6.20. The topological polar surface area (TPSA) is 81.0 Å². The number of carbonyl (C=O) groups excluding carboxylic acids is 2. The second-order valence-corrected chi connectivity index (χ2v) is 6.20. The van der Waals surface area contributed by atoms with E-state index in [1.165, 1.54) is 13.4 Å². The smallest absolute Gasteiger partial charge is 0.410 e. The fraction of sp³-hybridized carbons (Fsp3) is 0.625. The van der Waals surface area contributed by atoms with Gasteiger partial charge < -0.3 is 24.1 Å². The number of nitrogens with one attached hydrogen (secondary N) is 1. The maximum absolute atomic E-state index is 11.8. The highest BCUT2D eigenvalue weighted by atomic mass is 16.6. The molecule has 1 amide bonds. The minimum atomic E-state index is -0.491. The van der Waals surface area contributed by atoms with Gasteiger partial charge in [-0.2, -0.15) is 0 Å². The van der Waals surface area contributed by atoms with Gasteiger partial charge in [0.2, 0.25) is 5.76 Å². The lowest BCUT2D eigenvalue weighted by Gasteiger charge is -2.24. The molecule has 0 bridgehead atoms. The summed E-state index contributed by atoms with van der Waals surface area (Å²) in [5.41, 5.74) is 0.257. The molecule has 0 radical (unpaired) electrons. The number of hydrogen-bond donors (Lipinski definition) is 1. The molecule has 0 aromatic carbocycles. The predicted octanol–water partition coefficient (Wildman–Crippen LogP) is 2.41. The maximum Gasteiger partial charge on any atom is 0.410 e. The van der Waals surface area contributed by atoms with Crippen molar-refractivity contribution >= 4 is 12.1 Å². The van der Waals surface area contributed by atoms with Crippen molar-refractivity contribution in [1.82, 2.24) is 10.2 Å². The Labute approximate surface area is 136 Å². The lowest BCUT2D eigenvalue weighted by atomic mass is 10.2. The van der Waals surface area contributed by atoms with Gasteiger partial charge in [0.15, 0.2) is 0 Å². The third-order valence-corrected chi connectivity index (χ3v) is 2.99. The number of nitrogens with zero attached hydrogens (tertiary/aromatic N) is 1. The van der Waals surface area contributed by atoms with Crippen LogP contribution in [0.2, 0.25) is 0 Å². The molecule has 0 saturated carbocycles. The zero-order valence-electron chi connectivity index (χ0n) is 14.5. The summed E-state index contributed by atoms with van der Waals surface area (Å²) < 4.78 is 15.0. The third-order valence-electron chi connectivity index (χ3n) is 2.99. The van der Waals surface area contributed by atoms with E-state index in [9.17, 15) is 9.59 Å². The first-order valence-corrected chi connectivity index (χ1v) is 7.54. The summed E-state index contributed by atoms with van der Waals surface area (Å²) in [6, 6.07) is 1.73. The first kappa shape index (κ1) is 19.0. The quantitative estimate of drug-likeness (QED) is 0.612. The summed E-state index contributed by atoms with van der Waals surface area (Å²) in [6.07, 6.45) is 1.89. The van der Waals surface area contributed by atoms with Crippen LogP contribution in [0.4, 0.5) is 4.79 Å². The molecule has 1 aromatic rings. The average Bonchev–Trinajstić information content (AvgIpc) is 2.92. The molecule has 0 aliphatic heterocycles. The normalized spacial score (nSPS) is 11.2. The van der Waals surface area contributed by atoms with Crippen LogP contribution in [0.15, 0.2) is 16.7 Å². The van der Waals surface area contributed by atoms with Crippen LogP contribution < -0.4 is 5.32 Å². The van der Waals surface area contributed by atoms with Gasteiger partial charge in [-0.3, -0.25) is 0 Å². The SMILES string of the molecule is COC(=O)c1occc1CNCCCN(C)C(=O)OC(C)(C)C. The van der Waals surface area contributed by atoms with E-state index in [2.05, 4.69) is 10.1 Å². The van der Waals surface area contributed by atoms with Crippen molar-refractivity contribution in [2.24, 2.45) is 0 Å². The van der Waals surface area contributed by atoms with E-state index in [1.807, 2.05) is 20.8 Å². The minimum absolute atomic E-state index is 0.214. The van der Waals surface area contributed by atoms with Crippen LogP contribution in [-0.2, 0) is 16.0 Å². The zero-order chi connectivity index (χ0) is 17.5. The van der Waals surface area contributed by atoms with Crippen LogP contribution in [0.25, 0.3) is 0 Å². The van der Waals surface area contributed by atoms with Crippen molar-refractivity contribution in [3.63, 3.8) is 0 Å². The Balaban J connectivity index is 2.27. The van der Waals surface area contributed by atoms with Crippen molar-refractivity contribution < 1.29 is 23.5 Å². The number of methoxy groups -OCH3 is 1. The minimum Gasteiger partial charge on any atom is -0.463 e. The Bertz CT molecular complexity index is 519. The van der Waals surface area contributed by atoms with E-state index in [-0.39, 0.29) is 11.9 Å². The van der Waals surface area contributed by atoms with Crippen molar-refractivity contribution in [2.75, 3.05) is 27.2 Å². The number of ether oxygens (including phenoxy) is 2. The van der Waals surface area contributed by atoms with Crippen molar-refractivity contribution in [1.29, 1.82) is 0 Å². The van der Waals surface area contributed by atoms with Gasteiger partial charge in [0.25, 0.3) is 0 Å². The van der Waals surface area contributed by atoms with Gasteiger partial charge in [-0.05, 0) is 39.8 Å². The Morgan fingerprint density at radius 3 is 2.65 bits per heavy atom. The molecule has 0 spiro atoms. The number of rotatable bonds is 7. The lowest BCUT2D eigenvalue weighted by molar-refractivity contribution is 0.0297. The summed E-state index contributed by atoms with van der Waals surface area (Å²) in [4.78, 5) is 24.8. The van der Waals surface area contributed by atoms with Crippen LogP contribution in [-0.4, -0.2) is 49.8 Å². The zero-order valence-corrected chi connectivity index (χ0v) is 14.5. The predicted molar refractivity (Wildman–Crippen MR) is 85.2 cm³/mol. The van der Waals surface area contributed by atoms with E-state index in [1.54, 1.807) is 18.0 Å². The highest BCUT2D eigenvalue weighted by molar-refractivity contribution is 5.87. The second kappa shape index (κ2) is 8.57. The van der Waals surface area contributed by atoms with Crippen LogP contribution in [0.5, 0.6) is 0 Å². The van der Waals surface area contributed by atoms with Crippen molar-refractivity contribution in [3.05, 3.63) is 23.7 Å². The van der Waals surface area contributed by atoms with Crippen molar-refractivity contribution in [2.45, 2.75) is 39.3 Å². The van der Waals surface area contributed by atoms with Gasteiger partial charge in [-0.15, -0.1) is 0 Å². The average molecular weight is 326 g/mol. The Hall–Kier alpha value is -2.02. The van der Waals surface area contributed by atoms with E-state index < -0.39 is 11.6 Å². The molecule has 0 atom stereocenters. The molecule has 130 valence electrons. The molecular formula is C16H26N2O5. The lowest BCUT2D eigenvalue weighted by Crippen LogP contribution is -2.35. The summed E-state index contributed by atoms with van der Waals surface area (Å²) in [5, 5.41) is 3.20. The molecule has 1 heterocycles. The molecular weight excluding hydrogens is 300 g/mol. The monoisotopic (exact) mass is 326 g/mol. The highest BCUT2D eigenvalue weighted by Gasteiger charge is 2.19. The number of esters is 1. The number of amides is 1. The van der Waals surface area contributed by atoms with Gasteiger partial charge in [0.05, 0.1) is 13.4 Å². The molecule has 0 aliphatic rings. The molecule has 7 heteroatoms. The molecule has 0 unspecified atom stereocenters. The van der Waals surface area contributed by atoms with Crippen LogP contribution in [0, 0.1) is 0 Å². The van der Waals surface area contributed by atoms with E-state index in [0.717, 1.165) is 12.0 Å². The molecule has 0 fully saturated rings. The fourth-order valence-corrected chi connectivity index (χ4v) is 1.84. The number of carbonyl (C=O) groups is 2. The Kier molecular flexibility index (Phi) is 7.09. The van der Waals surface area contributed by atoms with E-state index in [4.69, 9.17) is 9.15 Å². The van der Waals surface area contributed by atoms with Gasteiger partial charge in [-0.1, -0.05) is 0 Å². The third kappa shape index (κ3) is 6.73. The summed E-state index contributed by atoms with van der Waals surface area (Å²) in [6.45, 7) is 7.28. The first-order valence-electron chi connectivity index (χ1n) is 7.54. The standard InChI is InChI=1S/C16H26N2O5/c1-16(2,3)23-15(20)18(4)9-6-8-17-11-12-7-10-22-13(12)14(19)21-5/h7,10,17H,6,8-9,11H2,1-5H3. The van der Waals surface area contributed by atoms with Crippen LogP contribution in [0.3, 0.4) is 0 Å². The molecule has 1 aromatic heterocycles. The molecule has 0 aliphatic carbocycles. The number of furan rings is 1. The Morgan fingerprint density at radius 2 is 2.04 bits per heavy atom. The molecule has 23 heavy (non-hydrogen) atoms. The van der Waals surface area contributed by atoms with Gasteiger partial charge in [-0.25, -0.2) is 9.59 Å². The van der Waals surface area contributed by atoms with Crippen LogP contribution in [0.1, 0.15) is 43.3 Å². The summed E-state index contributed by atoms with van der Waals surface area (Å²) in [7, 11) is 3.02. The van der Waals surface area contributed by atoms with E-state index in [0.29, 0.717) is 19.6 Å². The van der Waals surface area contributed by atoms with Gasteiger partial charge in [0, 0.05) is 25.7 Å². The molecule has 7 nitrogen and oxygen atoms in total. The maximum atomic E-state index is 11.8.